The van der Waals surface area contributed by atoms with Gasteiger partial charge in [0, 0.05) is 29.4 Å². The molecule has 0 aliphatic carbocycles. The van der Waals surface area contributed by atoms with E-state index in [1.54, 1.807) is 31.2 Å². The average Bonchev–Trinajstić information content (AvgIpc) is 2.76. The second kappa shape index (κ2) is 8.62. The normalized spacial score (nSPS) is 14.5. The Kier molecular flexibility index (Phi) is 5.92. The smallest absolute Gasteiger partial charge is 0.262 e. The Labute approximate surface area is 182 Å². The van der Waals surface area contributed by atoms with Crippen molar-refractivity contribution in [2.24, 2.45) is 0 Å². The fourth-order valence-corrected chi connectivity index (χ4v) is 5.12. The van der Waals surface area contributed by atoms with Gasteiger partial charge in [0.05, 0.1) is 10.6 Å². The summed E-state index contributed by atoms with van der Waals surface area (Å²) >= 11 is 5.97. The zero-order chi connectivity index (χ0) is 21.1. The lowest BCUT2D eigenvalue weighted by atomic mass is 10.1. The average molecular weight is 443 g/mol. The highest BCUT2D eigenvalue weighted by Crippen LogP contribution is 2.25. The summed E-state index contributed by atoms with van der Waals surface area (Å²) in [5.74, 6) is 0.903. The molecule has 0 spiro atoms. The summed E-state index contributed by atoms with van der Waals surface area (Å²) in [5.41, 5.74) is 2.72. The minimum atomic E-state index is -3.73. The highest BCUT2D eigenvalue weighted by Gasteiger charge is 2.18. The largest absolute Gasteiger partial charge is 0.355 e. The zero-order valence-electron chi connectivity index (χ0n) is 16.7. The van der Waals surface area contributed by atoms with Gasteiger partial charge in [-0.05, 0) is 68.1 Å². The van der Waals surface area contributed by atoms with E-state index in [-0.39, 0.29) is 4.90 Å². The van der Waals surface area contributed by atoms with Crippen molar-refractivity contribution in [3.05, 3.63) is 65.2 Å². The van der Waals surface area contributed by atoms with Crippen LogP contribution in [-0.2, 0) is 10.0 Å². The number of hydrogen-bond donors (Lipinski definition) is 1. The molecule has 1 aliphatic rings. The maximum absolute atomic E-state index is 12.7. The molecule has 30 heavy (non-hydrogen) atoms. The molecular formula is C22H23ClN4O2S. The van der Waals surface area contributed by atoms with Crippen molar-refractivity contribution in [1.82, 2.24) is 10.2 Å². The number of rotatable bonds is 5. The summed E-state index contributed by atoms with van der Waals surface area (Å²) in [6.07, 6.45) is 3.65. The third kappa shape index (κ3) is 4.57. The standard InChI is InChI=1S/C22H23ClN4O2S/c1-16-5-8-18(23)15-21(16)30(28,29)26-19-9-6-17(7-10-19)20-11-12-22(25-24-20)27-13-3-2-4-14-27/h5-12,15,26H,2-4,13-14H2,1H3. The van der Waals surface area contributed by atoms with E-state index in [0.717, 1.165) is 30.2 Å². The topological polar surface area (TPSA) is 75.2 Å². The minimum Gasteiger partial charge on any atom is -0.355 e. The number of anilines is 2. The van der Waals surface area contributed by atoms with Crippen molar-refractivity contribution >= 4 is 33.1 Å². The van der Waals surface area contributed by atoms with E-state index in [9.17, 15) is 8.42 Å². The molecule has 0 unspecified atom stereocenters. The van der Waals surface area contributed by atoms with Gasteiger partial charge in [-0.25, -0.2) is 8.42 Å². The van der Waals surface area contributed by atoms with Gasteiger partial charge in [0.15, 0.2) is 5.82 Å². The minimum absolute atomic E-state index is 0.165. The SMILES string of the molecule is Cc1ccc(Cl)cc1S(=O)(=O)Nc1ccc(-c2ccc(N3CCCCC3)nn2)cc1. The molecule has 1 aliphatic heterocycles. The lowest BCUT2D eigenvalue weighted by Gasteiger charge is -2.27. The summed E-state index contributed by atoms with van der Waals surface area (Å²) in [6, 6.07) is 15.8. The molecular weight excluding hydrogens is 420 g/mol. The van der Waals surface area contributed by atoms with E-state index in [0.29, 0.717) is 16.3 Å². The van der Waals surface area contributed by atoms with E-state index in [2.05, 4.69) is 19.8 Å². The summed E-state index contributed by atoms with van der Waals surface area (Å²) in [4.78, 5) is 2.42. The predicted octanol–water partition coefficient (Wildman–Crippen LogP) is 4.90. The molecule has 0 saturated carbocycles. The fraction of sp³-hybridized carbons (Fsp3) is 0.273. The third-order valence-electron chi connectivity index (χ3n) is 5.20. The van der Waals surface area contributed by atoms with E-state index in [1.807, 2.05) is 24.3 Å². The van der Waals surface area contributed by atoms with Crippen LogP contribution in [0.2, 0.25) is 5.02 Å². The van der Waals surface area contributed by atoms with Crippen LogP contribution < -0.4 is 9.62 Å². The zero-order valence-corrected chi connectivity index (χ0v) is 18.2. The van der Waals surface area contributed by atoms with E-state index in [4.69, 9.17) is 11.6 Å². The molecule has 1 N–H and O–H groups in total. The number of hydrogen-bond acceptors (Lipinski definition) is 5. The Hall–Kier alpha value is -2.64. The Bertz CT molecular complexity index is 1130. The van der Waals surface area contributed by atoms with E-state index < -0.39 is 10.0 Å². The van der Waals surface area contributed by atoms with Crippen LogP contribution in [0.1, 0.15) is 24.8 Å². The molecule has 8 heteroatoms. The molecule has 1 saturated heterocycles. The summed E-state index contributed by atoms with van der Waals surface area (Å²) in [7, 11) is -3.73. The molecule has 0 radical (unpaired) electrons. The first kappa shape index (κ1) is 20.6. The highest BCUT2D eigenvalue weighted by molar-refractivity contribution is 7.92. The van der Waals surface area contributed by atoms with E-state index >= 15 is 0 Å². The van der Waals surface area contributed by atoms with Gasteiger partial charge < -0.3 is 4.90 Å². The third-order valence-corrected chi connectivity index (χ3v) is 6.96. The number of sulfonamides is 1. The molecule has 4 rings (SSSR count). The number of piperidine rings is 1. The number of nitrogens with zero attached hydrogens (tertiary/aromatic N) is 3. The Morgan fingerprint density at radius 3 is 2.33 bits per heavy atom. The number of nitrogens with one attached hydrogen (secondary N) is 1. The summed E-state index contributed by atoms with van der Waals surface area (Å²) in [5, 5.41) is 9.10. The van der Waals surface area contributed by atoms with Crippen molar-refractivity contribution in [1.29, 1.82) is 0 Å². The van der Waals surface area contributed by atoms with Crippen LogP contribution in [0.15, 0.2) is 59.5 Å². The van der Waals surface area contributed by atoms with Gasteiger partial charge in [0.1, 0.15) is 0 Å². The van der Waals surface area contributed by atoms with Crippen molar-refractivity contribution in [3.8, 4) is 11.3 Å². The second-order valence-corrected chi connectivity index (χ2v) is 9.50. The predicted molar refractivity (Wildman–Crippen MR) is 121 cm³/mol. The molecule has 1 fully saturated rings. The first-order valence-electron chi connectivity index (χ1n) is 9.90. The van der Waals surface area contributed by atoms with Gasteiger partial charge in [0.25, 0.3) is 10.0 Å². The van der Waals surface area contributed by atoms with Crippen LogP contribution in [0.4, 0.5) is 11.5 Å². The van der Waals surface area contributed by atoms with Crippen LogP contribution in [0.3, 0.4) is 0 Å². The fourth-order valence-electron chi connectivity index (χ4n) is 3.55. The van der Waals surface area contributed by atoms with Crippen molar-refractivity contribution in [3.63, 3.8) is 0 Å². The van der Waals surface area contributed by atoms with Crippen molar-refractivity contribution in [2.75, 3.05) is 22.7 Å². The number of benzene rings is 2. The quantitative estimate of drug-likeness (QED) is 0.608. The van der Waals surface area contributed by atoms with Gasteiger partial charge in [-0.1, -0.05) is 29.8 Å². The Morgan fingerprint density at radius 1 is 0.933 bits per heavy atom. The summed E-state index contributed by atoms with van der Waals surface area (Å²) in [6.45, 7) is 3.78. The molecule has 1 aromatic heterocycles. The lowest BCUT2D eigenvalue weighted by Crippen LogP contribution is -2.30. The first-order chi connectivity index (χ1) is 14.4. The van der Waals surface area contributed by atoms with Gasteiger partial charge >= 0.3 is 0 Å². The van der Waals surface area contributed by atoms with Crippen LogP contribution in [-0.4, -0.2) is 31.7 Å². The molecule has 0 atom stereocenters. The van der Waals surface area contributed by atoms with Crippen LogP contribution in [0.5, 0.6) is 0 Å². The molecule has 2 heterocycles. The number of aryl methyl sites for hydroxylation is 1. The van der Waals surface area contributed by atoms with Gasteiger partial charge in [-0.3, -0.25) is 4.72 Å². The van der Waals surface area contributed by atoms with Crippen molar-refractivity contribution in [2.45, 2.75) is 31.1 Å². The maximum Gasteiger partial charge on any atom is 0.262 e. The van der Waals surface area contributed by atoms with Gasteiger partial charge in [-0.15, -0.1) is 10.2 Å². The van der Waals surface area contributed by atoms with Crippen LogP contribution >= 0.6 is 11.6 Å². The monoisotopic (exact) mass is 442 g/mol. The second-order valence-electron chi connectivity index (χ2n) is 7.42. The first-order valence-corrected chi connectivity index (χ1v) is 11.8. The molecule has 0 bridgehead atoms. The molecule has 6 nitrogen and oxygen atoms in total. The molecule has 156 valence electrons. The van der Waals surface area contributed by atoms with Crippen LogP contribution in [0.25, 0.3) is 11.3 Å². The van der Waals surface area contributed by atoms with Crippen molar-refractivity contribution < 1.29 is 8.42 Å². The lowest BCUT2D eigenvalue weighted by molar-refractivity contribution is 0.571. The summed E-state index contributed by atoms with van der Waals surface area (Å²) < 4.78 is 28.0. The highest BCUT2D eigenvalue weighted by atomic mass is 35.5. The van der Waals surface area contributed by atoms with Gasteiger partial charge in [0.2, 0.25) is 0 Å². The number of aromatic nitrogens is 2. The maximum atomic E-state index is 12.7. The van der Waals surface area contributed by atoms with E-state index in [1.165, 1.54) is 25.3 Å². The molecule has 0 amide bonds. The van der Waals surface area contributed by atoms with Crippen LogP contribution in [0, 0.1) is 6.92 Å². The Morgan fingerprint density at radius 2 is 1.67 bits per heavy atom. The Balaban J connectivity index is 1.49. The molecule has 3 aromatic rings. The molecule has 2 aromatic carbocycles. The number of halogens is 1. The van der Waals surface area contributed by atoms with Gasteiger partial charge in [-0.2, -0.15) is 0 Å².